The largest absolute Gasteiger partial charge is 0.497 e. The lowest BCUT2D eigenvalue weighted by Gasteiger charge is -2.13. The predicted octanol–water partition coefficient (Wildman–Crippen LogP) is 2.00. The molecule has 0 aliphatic heterocycles. The number of carboxylic acid groups (broad SMARTS) is 1. The first kappa shape index (κ1) is 16.0. The number of carbonyl (C=O) groups is 2. The van der Waals surface area contributed by atoms with Crippen molar-refractivity contribution in [3.8, 4) is 5.75 Å². The fourth-order valence-corrected chi connectivity index (χ4v) is 1.80. The molecule has 1 rings (SSSR count). The van der Waals surface area contributed by atoms with Gasteiger partial charge in [0.15, 0.2) is 0 Å². The standard InChI is InChI=1S/C14H19NO5/c1-9(8-19-2)6-13(16)15-12-7-10(20-3)4-5-11(12)14(17)18/h4-5,7,9H,6,8H2,1-3H3,(H,15,16)(H,17,18). The summed E-state index contributed by atoms with van der Waals surface area (Å²) in [6.07, 6.45) is 0.254. The Hall–Kier alpha value is -2.08. The molecule has 1 atom stereocenters. The number of anilines is 1. The summed E-state index contributed by atoms with van der Waals surface area (Å²) in [6, 6.07) is 4.42. The number of carboxylic acids is 1. The summed E-state index contributed by atoms with van der Waals surface area (Å²) >= 11 is 0. The van der Waals surface area contributed by atoms with E-state index in [2.05, 4.69) is 5.32 Å². The van der Waals surface area contributed by atoms with Crippen molar-refractivity contribution in [2.75, 3.05) is 26.1 Å². The molecule has 0 radical (unpaired) electrons. The summed E-state index contributed by atoms with van der Waals surface area (Å²) in [4.78, 5) is 23.0. The first-order chi connectivity index (χ1) is 9.47. The lowest BCUT2D eigenvalue weighted by Crippen LogP contribution is -2.19. The average molecular weight is 281 g/mol. The highest BCUT2D eigenvalue weighted by Gasteiger charge is 2.15. The van der Waals surface area contributed by atoms with E-state index in [1.165, 1.54) is 25.3 Å². The number of hydrogen-bond acceptors (Lipinski definition) is 4. The van der Waals surface area contributed by atoms with E-state index in [1.54, 1.807) is 7.11 Å². The Morgan fingerprint density at radius 2 is 2.05 bits per heavy atom. The molecule has 1 aromatic rings. The van der Waals surface area contributed by atoms with Crippen molar-refractivity contribution >= 4 is 17.6 Å². The van der Waals surface area contributed by atoms with Crippen LogP contribution >= 0.6 is 0 Å². The van der Waals surface area contributed by atoms with E-state index in [-0.39, 0.29) is 29.5 Å². The van der Waals surface area contributed by atoms with E-state index < -0.39 is 5.97 Å². The van der Waals surface area contributed by atoms with Gasteiger partial charge in [-0.1, -0.05) is 6.92 Å². The van der Waals surface area contributed by atoms with Crippen LogP contribution < -0.4 is 10.1 Å². The van der Waals surface area contributed by atoms with Crippen LogP contribution in [0.15, 0.2) is 18.2 Å². The van der Waals surface area contributed by atoms with Crippen LogP contribution in [0.4, 0.5) is 5.69 Å². The zero-order chi connectivity index (χ0) is 15.1. The van der Waals surface area contributed by atoms with Crippen LogP contribution in [-0.2, 0) is 9.53 Å². The number of carbonyl (C=O) groups excluding carboxylic acids is 1. The number of hydrogen-bond donors (Lipinski definition) is 2. The summed E-state index contributed by atoms with van der Waals surface area (Å²) in [5.74, 6) is -0.827. The van der Waals surface area contributed by atoms with Crippen LogP contribution in [0.1, 0.15) is 23.7 Å². The molecule has 0 heterocycles. The van der Waals surface area contributed by atoms with Gasteiger partial charge in [0.1, 0.15) is 5.75 Å². The molecule has 110 valence electrons. The molecule has 2 N–H and O–H groups in total. The van der Waals surface area contributed by atoms with Gasteiger partial charge >= 0.3 is 5.97 Å². The van der Waals surface area contributed by atoms with Crippen LogP contribution in [0.3, 0.4) is 0 Å². The smallest absolute Gasteiger partial charge is 0.337 e. The third-order valence-electron chi connectivity index (χ3n) is 2.72. The highest BCUT2D eigenvalue weighted by atomic mass is 16.5. The van der Waals surface area contributed by atoms with Crippen molar-refractivity contribution in [3.05, 3.63) is 23.8 Å². The Morgan fingerprint density at radius 3 is 2.60 bits per heavy atom. The minimum atomic E-state index is -1.10. The molecule has 0 saturated heterocycles. The zero-order valence-electron chi connectivity index (χ0n) is 11.8. The topological polar surface area (TPSA) is 84.9 Å². The third kappa shape index (κ3) is 4.55. The van der Waals surface area contributed by atoms with E-state index in [0.717, 1.165) is 0 Å². The van der Waals surface area contributed by atoms with Crippen molar-refractivity contribution in [1.82, 2.24) is 0 Å². The summed E-state index contributed by atoms with van der Waals surface area (Å²) < 4.78 is 9.99. The van der Waals surface area contributed by atoms with E-state index in [1.807, 2.05) is 6.92 Å². The molecule has 0 bridgehead atoms. The minimum absolute atomic E-state index is 0.0264. The number of methoxy groups -OCH3 is 2. The Labute approximate surface area is 117 Å². The van der Waals surface area contributed by atoms with E-state index >= 15 is 0 Å². The average Bonchev–Trinajstić information content (AvgIpc) is 2.38. The van der Waals surface area contributed by atoms with Crippen molar-refractivity contribution in [1.29, 1.82) is 0 Å². The van der Waals surface area contributed by atoms with Crippen LogP contribution in [0.2, 0.25) is 0 Å². The third-order valence-corrected chi connectivity index (χ3v) is 2.72. The van der Waals surface area contributed by atoms with Gasteiger partial charge in [-0.05, 0) is 18.1 Å². The highest BCUT2D eigenvalue weighted by molar-refractivity contribution is 6.00. The molecule has 0 fully saturated rings. The van der Waals surface area contributed by atoms with Crippen LogP contribution in [0.5, 0.6) is 5.75 Å². The van der Waals surface area contributed by atoms with E-state index in [4.69, 9.17) is 14.6 Å². The number of aromatic carboxylic acids is 1. The quantitative estimate of drug-likeness (QED) is 0.798. The number of benzene rings is 1. The summed E-state index contributed by atoms with van der Waals surface area (Å²) in [7, 11) is 3.04. The van der Waals surface area contributed by atoms with Crippen LogP contribution in [0.25, 0.3) is 0 Å². The normalized spacial score (nSPS) is 11.8. The first-order valence-electron chi connectivity index (χ1n) is 6.18. The molecule has 0 aliphatic rings. The minimum Gasteiger partial charge on any atom is -0.497 e. The van der Waals surface area contributed by atoms with Gasteiger partial charge in [-0.25, -0.2) is 4.79 Å². The number of nitrogens with one attached hydrogen (secondary N) is 1. The van der Waals surface area contributed by atoms with Crippen LogP contribution in [-0.4, -0.2) is 37.8 Å². The van der Waals surface area contributed by atoms with E-state index in [0.29, 0.717) is 12.4 Å². The van der Waals surface area contributed by atoms with Gasteiger partial charge in [-0.3, -0.25) is 4.79 Å². The van der Waals surface area contributed by atoms with Gasteiger partial charge in [0.2, 0.25) is 5.91 Å². The van der Waals surface area contributed by atoms with Gasteiger partial charge in [0.25, 0.3) is 0 Å². The lowest BCUT2D eigenvalue weighted by atomic mass is 10.1. The second-order valence-electron chi connectivity index (χ2n) is 4.53. The first-order valence-corrected chi connectivity index (χ1v) is 6.18. The number of rotatable bonds is 7. The lowest BCUT2D eigenvalue weighted by molar-refractivity contribution is -0.117. The van der Waals surface area contributed by atoms with Crippen molar-refractivity contribution in [2.24, 2.45) is 5.92 Å². The van der Waals surface area contributed by atoms with Gasteiger partial charge in [0, 0.05) is 26.2 Å². The Kier molecular flexibility index (Phi) is 5.99. The molecule has 0 saturated carbocycles. The summed E-state index contributed by atoms with van der Waals surface area (Å²) in [5, 5.41) is 11.7. The molecule has 1 unspecified atom stereocenters. The molecule has 0 aromatic heterocycles. The molecule has 6 nitrogen and oxygen atoms in total. The second kappa shape index (κ2) is 7.49. The maximum absolute atomic E-state index is 11.9. The van der Waals surface area contributed by atoms with Crippen LogP contribution in [0, 0.1) is 5.92 Å². The van der Waals surface area contributed by atoms with Gasteiger partial charge < -0.3 is 19.9 Å². The maximum Gasteiger partial charge on any atom is 0.337 e. The van der Waals surface area contributed by atoms with Crippen molar-refractivity contribution in [2.45, 2.75) is 13.3 Å². The van der Waals surface area contributed by atoms with E-state index in [9.17, 15) is 9.59 Å². The Morgan fingerprint density at radius 1 is 1.35 bits per heavy atom. The SMILES string of the molecule is COCC(C)CC(=O)Nc1cc(OC)ccc1C(=O)O. The molecule has 1 amide bonds. The van der Waals surface area contributed by atoms with Gasteiger partial charge in [-0.2, -0.15) is 0 Å². The number of ether oxygens (including phenoxy) is 2. The second-order valence-corrected chi connectivity index (χ2v) is 4.53. The fourth-order valence-electron chi connectivity index (χ4n) is 1.80. The highest BCUT2D eigenvalue weighted by Crippen LogP contribution is 2.23. The summed E-state index contributed by atoms with van der Waals surface area (Å²) in [6.45, 7) is 2.35. The number of amides is 1. The molecular weight excluding hydrogens is 262 g/mol. The molecule has 0 aliphatic carbocycles. The molecular formula is C14H19NO5. The van der Waals surface area contributed by atoms with Crippen molar-refractivity contribution < 1.29 is 24.2 Å². The Bertz CT molecular complexity index is 486. The predicted molar refractivity (Wildman–Crippen MR) is 74.2 cm³/mol. The maximum atomic E-state index is 11.9. The van der Waals surface area contributed by atoms with Crippen molar-refractivity contribution in [3.63, 3.8) is 0 Å². The molecule has 20 heavy (non-hydrogen) atoms. The molecule has 0 spiro atoms. The Balaban J connectivity index is 2.84. The zero-order valence-corrected chi connectivity index (χ0v) is 11.8. The van der Waals surface area contributed by atoms with Gasteiger partial charge in [0.05, 0.1) is 18.4 Å². The summed E-state index contributed by atoms with van der Waals surface area (Å²) in [5.41, 5.74) is 0.255. The monoisotopic (exact) mass is 281 g/mol. The molecule has 1 aromatic carbocycles. The fraction of sp³-hybridized carbons (Fsp3) is 0.429. The molecule has 6 heteroatoms. The van der Waals surface area contributed by atoms with Gasteiger partial charge in [-0.15, -0.1) is 0 Å².